The number of nitrogens with zero attached hydrogens (tertiary/aromatic N) is 2. The highest BCUT2D eigenvalue weighted by Crippen LogP contribution is 2.28. The van der Waals surface area contributed by atoms with Crippen molar-refractivity contribution in [3.63, 3.8) is 0 Å². The molecule has 0 atom stereocenters. The minimum atomic E-state index is -0.00397. The number of hydrogen-bond donors (Lipinski definition) is 2. The van der Waals surface area contributed by atoms with Gasteiger partial charge in [0.2, 0.25) is 5.91 Å². The minimum absolute atomic E-state index is 0.00397. The highest BCUT2D eigenvalue weighted by molar-refractivity contribution is 5.85. The number of carbonyl (C=O) groups is 1. The van der Waals surface area contributed by atoms with Crippen LogP contribution in [0.1, 0.15) is 40.5 Å². The maximum absolute atomic E-state index is 11.6. The molecule has 1 aliphatic rings. The van der Waals surface area contributed by atoms with Gasteiger partial charge in [0, 0.05) is 26.2 Å². The van der Waals surface area contributed by atoms with Crippen LogP contribution in [0.15, 0.2) is 4.99 Å². The lowest BCUT2D eigenvalue weighted by Crippen LogP contribution is -2.41. The second-order valence-electron chi connectivity index (χ2n) is 5.86. The Morgan fingerprint density at radius 2 is 2.05 bits per heavy atom. The summed E-state index contributed by atoms with van der Waals surface area (Å²) >= 11 is 0. The summed E-state index contributed by atoms with van der Waals surface area (Å²) in [4.78, 5) is 18.3. The zero-order valence-corrected chi connectivity index (χ0v) is 12.8. The Morgan fingerprint density at radius 1 is 1.32 bits per heavy atom. The molecule has 1 fully saturated rings. The van der Waals surface area contributed by atoms with Crippen LogP contribution >= 0.6 is 0 Å². The largest absolute Gasteiger partial charge is 0.357 e. The first-order chi connectivity index (χ1) is 8.98. The Labute approximate surface area is 116 Å². The van der Waals surface area contributed by atoms with Gasteiger partial charge in [-0.25, -0.2) is 4.99 Å². The van der Waals surface area contributed by atoms with Crippen LogP contribution in [0.2, 0.25) is 0 Å². The number of guanidine groups is 1. The molecule has 2 N–H and O–H groups in total. The summed E-state index contributed by atoms with van der Waals surface area (Å²) in [5, 5.41) is 6.11. The van der Waals surface area contributed by atoms with Gasteiger partial charge in [0.15, 0.2) is 5.96 Å². The first-order valence-corrected chi connectivity index (χ1v) is 7.28. The van der Waals surface area contributed by atoms with Gasteiger partial charge in [0.05, 0.1) is 0 Å². The van der Waals surface area contributed by atoms with Crippen molar-refractivity contribution in [1.29, 1.82) is 0 Å². The second-order valence-corrected chi connectivity index (χ2v) is 5.86. The van der Waals surface area contributed by atoms with Crippen LogP contribution in [0.3, 0.4) is 0 Å². The average Bonchev–Trinajstić information content (AvgIpc) is 2.72. The molecule has 0 bridgehead atoms. The van der Waals surface area contributed by atoms with Crippen molar-refractivity contribution in [1.82, 2.24) is 15.5 Å². The van der Waals surface area contributed by atoms with E-state index in [-0.39, 0.29) is 12.5 Å². The lowest BCUT2D eigenvalue weighted by atomic mass is 9.93. The number of likely N-dealkylation sites (tertiary alicyclic amines) is 1. The first kappa shape index (κ1) is 15.8. The van der Waals surface area contributed by atoms with E-state index in [2.05, 4.69) is 34.4 Å². The fourth-order valence-corrected chi connectivity index (χ4v) is 2.19. The maximum Gasteiger partial charge on any atom is 0.241 e. The molecule has 110 valence electrons. The van der Waals surface area contributed by atoms with Crippen LogP contribution in [0.5, 0.6) is 0 Å². The Hall–Kier alpha value is -1.26. The van der Waals surface area contributed by atoms with Gasteiger partial charge in [-0.3, -0.25) is 4.79 Å². The van der Waals surface area contributed by atoms with E-state index in [0.717, 1.165) is 38.6 Å². The molecule has 1 rings (SSSR count). The molecule has 1 aliphatic heterocycles. The zero-order valence-electron chi connectivity index (χ0n) is 12.8. The zero-order chi connectivity index (χ0) is 14.3. The molecule has 0 aromatic heterocycles. The molecule has 0 unspecified atom stereocenters. The van der Waals surface area contributed by atoms with Crippen molar-refractivity contribution < 1.29 is 4.79 Å². The maximum atomic E-state index is 11.6. The molecule has 1 amide bonds. The van der Waals surface area contributed by atoms with Gasteiger partial charge in [0.1, 0.15) is 6.54 Å². The normalized spacial score (nSPS) is 18.5. The van der Waals surface area contributed by atoms with Crippen LogP contribution < -0.4 is 10.6 Å². The van der Waals surface area contributed by atoms with Crippen LogP contribution in [0.4, 0.5) is 0 Å². The van der Waals surface area contributed by atoms with E-state index >= 15 is 0 Å². The number of hydrogen-bond acceptors (Lipinski definition) is 2. The van der Waals surface area contributed by atoms with Crippen molar-refractivity contribution >= 4 is 11.9 Å². The average molecular weight is 268 g/mol. The SMILES string of the molecule is CCCNC(=O)CN=C(NCC)N1CCC(C)(C)C1. The van der Waals surface area contributed by atoms with Gasteiger partial charge in [-0.15, -0.1) is 0 Å². The van der Waals surface area contributed by atoms with E-state index in [4.69, 9.17) is 0 Å². The van der Waals surface area contributed by atoms with E-state index in [9.17, 15) is 4.79 Å². The van der Waals surface area contributed by atoms with E-state index in [1.54, 1.807) is 0 Å². The molecule has 0 spiro atoms. The number of rotatable bonds is 5. The van der Waals surface area contributed by atoms with Gasteiger partial charge in [-0.2, -0.15) is 0 Å². The highest BCUT2D eigenvalue weighted by Gasteiger charge is 2.30. The number of nitrogens with one attached hydrogen (secondary N) is 2. The monoisotopic (exact) mass is 268 g/mol. The third-order valence-corrected chi connectivity index (χ3v) is 3.26. The summed E-state index contributed by atoms with van der Waals surface area (Å²) in [6.45, 7) is 12.4. The molecule has 1 heterocycles. The van der Waals surface area contributed by atoms with Crippen molar-refractivity contribution in [3.8, 4) is 0 Å². The van der Waals surface area contributed by atoms with Gasteiger partial charge < -0.3 is 15.5 Å². The summed E-state index contributed by atoms with van der Waals surface area (Å²) in [6, 6.07) is 0. The molecular formula is C14H28N4O. The number of amides is 1. The fraction of sp³-hybridized carbons (Fsp3) is 0.857. The molecule has 5 heteroatoms. The molecular weight excluding hydrogens is 240 g/mol. The predicted molar refractivity (Wildman–Crippen MR) is 79.3 cm³/mol. The molecule has 1 saturated heterocycles. The fourth-order valence-electron chi connectivity index (χ4n) is 2.19. The molecule has 0 aliphatic carbocycles. The van der Waals surface area contributed by atoms with Gasteiger partial charge in [-0.05, 0) is 25.2 Å². The molecule has 19 heavy (non-hydrogen) atoms. The highest BCUT2D eigenvalue weighted by atomic mass is 16.1. The van der Waals surface area contributed by atoms with Crippen LogP contribution in [-0.4, -0.2) is 49.5 Å². The van der Waals surface area contributed by atoms with Crippen molar-refractivity contribution in [2.75, 3.05) is 32.7 Å². The third kappa shape index (κ3) is 5.49. The van der Waals surface area contributed by atoms with Crippen LogP contribution in [0, 0.1) is 5.41 Å². The van der Waals surface area contributed by atoms with Crippen LogP contribution in [-0.2, 0) is 4.79 Å². The topological polar surface area (TPSA) is 56.7 Å². The quantitative estimate of drug-likeness (QED) is 0.582. The van der Waals surface area contributed by atoms with Gasteiger partial charge in [-0.1, -0.05) is 20.8 Å². The lowest BCUT2D eigenvalue weighted by Gasteiger charge is -2.23. The van der Waals surface area contributed by atoms with E-state index in [1.807, 2.05) is 13.8 Å². The Kier molecular flexibility index (Phi) is 6.12. The summed E-state index contributed by atoms with van der Waals surface area (Å²) in [6.07, 6.45) is 2.12. The van der Waals surface area contributed by atoms with Crippen molar-refractivity contribution in [2.45, 2.75) is 40.5 Å². The molecule has 0 aromatic rings. The van der Waals surface area contributed by atoms with Gasteiger partial charge in [0.25, 0.3) is 0 Å². The molecule has 5 nitrogen and oxygen atoms in total. The molecule has 0 radical (unpaired) electrons. The molecule has 0 saturated carbocycles. The van der Waals surface area contributed by atoms with Gasteiger partial charge >= 0.3 is 0 Å². The summed E-state index contributed by atoms with van der Waals surface area (Å²) in [5.41, 5.74) is 0.334. The number of carbonyl (C=O) groups excluding carboxylic acids is 1. The Bertz CT molecular complexity index is 325. The smallest absolute Gasteiger partial charge is 0.241 e. The van der Waals surface area contributed by atoms with E-state index < -0.39 is 0 Å². The summed E-state index contributed by atoms with van der Waals surface area (Å²) in [5.74, 6) is 0.857. The number of aliphatic imine (C=N–C) groups is 1. The van der Waals surface area contributed by atoms with E-state index in [0.29, 0.717) is 5.41 Å². The standard InChI is InChI=1S/C14H28N4O/c1-5-8-16-12(19)10-17-13(15-6-2)18-9-7-14(3,4)11-18/h5-11H2,1-4H3,(H,15,17)(H,16,19). The lowest BCUT2D eigenvalue weighted by molar-refractivity contribution is -0.119. The predicted octanol–water partition coefficient (Wildman–Crippen LogP) is 1.21. The molecule has 0 aromatic carbocycles. The van der Waals surface area contributed by atoms with Crippen molar-refractivity contribution in [3.05, 3.63) is 0 Å². The van der Waals surface area contributed by atoms with Crippen molar-refractivity contribution in [2.24, 2.45) is 10.4 Å². The minimum Gasteiger partial charge on any atom is -0.357 e. The van der Waals surface area contributed by atoms with Crippen LogP contribution in [0.25, 0.3) is 0 Å². The Balaban J connectivity index is 2.54. The third-order valence-electron chi connectivity index (χ3n) is 3.26. The second kappa shape index (κ2) is 7.36. The van der Waals surface area contributed by atoms with E-state index in [1.165, 1.54) is 6.42 Å². The Morgan fingerprint density at radius 3 is 2.58 bits per heavy atom. The summed E-state index contributed by atoms with van der Waals surface area (Å²) < 4.78 is 0. The first-order valence-electron chi connectivity index (χ1n) is 7.28. The summed E-state index contributed by atoms with van der Waals surface area (Å²) in [7, 11) is 0.